The van der Waals surface area contributed by atoms with E-state index in [1.165, 1.54) is 15.3 Å². The van der Waals surface area contributed by atoms with E-state index in [4.69, 9.17) is 4.74 Å². The maximum Gasteiger partial charge on any atom is 0.0689 e. The van der Waals surface area contributed by atoms with Crippen LogP contribution in [0.2, 0.25) is 0 Å². The van der Waals surface area contributed by atoms with Crippen LogP contribution in [-0.4, -0.2) is 19.8 Å². The maximum atomic E-state index is 5.38. The van der Waals surface area contributed by atoms with Crippen LogP contribution in [0.15, 0.2) is 23.8 Å². The fourth-order valence-corrected chi connectivity index (χ4v) is 2.52. The summed E-state index contributed by atoms with van der Waals surface area (Å²) in [5, 5.41) is 3.45. The lowest BCUT2D eigenvalue weighted by atomic mass is 10.2. The first-order valence-electron chi connectivity index (χ1n) is 5.36. The van der Waals surface area contributed by atoms with Gasteiger partial charge in [0.15, 0.2) is 0 Å². The minimum absolute atomic E-state index is 0.802. The first kappa shape index (κ1) is 10.9. The van der Waals surface area contributed by atoms with Crippen LogP contribution < -0.4 is 5.32 Å². The van der Waals surface area contributed by atoms with Gasteiger partial charge in [0.05, 0.1) is 13.2 Å². The second-order valence-corrected chi connectivity index (χ2v) is 5.19. The minimum atomic E-state index is 0.802. The van der Waals surface area contributed by atoms with Gasteiger partial charge in [0.25, 0.3) is 0 Å². The average molecular weight is 223 g/mol. The molecule has 15 heavy (non-hydrogen) atoms. The highest BCUT2D eigenvalue weighted by Gasteiger charge is 2.03. The Kier molecular flexibility index (Phi) is 3.94. The van der Waals surface area contributed by atoms with Gasteiger partial charge in [0, 0.05) is 22.8 Å². The molecule has 2 rings (SSSR count). The Morgan fingerprint density at radius 1 is 1.40 bits per heavy atom. The van der Waals surface area contributed by atoms with Crippen LogP contribution >= 0.6 is 11.3 Å². The molecular weight excluding hydrogens is 206 g/mol. The Morgan fingerprint density at radius 2 is 2.33 bits per heavy atom. The SMILES string of the molecule is Cc1ccc(CNCC2=CCCOC2)s1. The molecule has 0 bridgehead atoms. The second kappa shape index (κ2) is 5.45. The molecule has 0 unspecified atom stereocenters. The normalized spacial score (nSPS) is 16.5. The highest BCUT2D eigenvalue weighted by molar-refractivity contribution is 7.11. The molecule has 0 fully saturated rings. The van der Waals surface area contributed by atoms with E-state index in [0.717, 1.165) is 32.7 Å². The van der Waals surface area contributed by atoms with Crippen molar-refractivity contribution in [3.8, 4) is 0 Å². The Hall–Kier alpha value is -0.640. The molecule has 0 saturated carbocycles. The third kappa shape index (κ3) is 3.45. The lowest BCUT2D eigenvalue weighted by Gasteiger charge is -2.13. The van der Waals surface area contributed by atoms with E-state index in [1.54, 1.807) is 0 Å². The third-order valence-electron chi connectivity index (χ3n) is 2.43. The molecule has 0 aromatic carbocycles. The standard InChI is InChI=1S/C12H17NOS/c1-10-4-5-12(15-10)8-13-7-11-3-2-6-14-9-11/h3-5,13H,2,6-9H2,1H3. The highest BCUT2D eigenvalue weighted by Crippen LogP contribution is 2.14. The molecule has 1 aromatic heterocycles. The van der Waals surface area contributed by atoms with Crippen molar-refractivity contribution < 1.29 is 4.74 Å². The van der Waals surface area contributed by atoms with Gasteiger partial charge in [-0.2, -0.15) is 0 Å². The van der Waals surface area contributed by atoms with E-state index in [-0.39, 0.29) is 0 Å². The zero-order valence-corrected chi connectivity index (χ0v) is 9.90. The van der Waals surface area contributed by atoms with Gasteiger partial charge < -0.3 is 10.1 Å². The summed E-state index contributed by atoms with van der Waals surface area (Å²) in [6.45, 7) is 5.75. The molecule has 1 aromatic rings. The average Bonchev–Trinajstić information content (AvgIpc) is 2.66. The molecule has 3 heteroatoms. The number of thiophene rings is 1. The molecule has 0 radical (unpaired) electrons. The van der Waals surface area contributed by atoms with E-state index < -0.39 is 0 Å². The fraction of sp³-hybridized carbons (Fsp3) is 0.500. The summed E-state index contributed by atoms with van der Waals surface area (Å²) in [4.78, 5) is 2.79. The first-order valence-corrected chi connectivity index (χ1v) is 6.18. The van der Waals surface area contributed by atoms with Crippen LogP contribution in [-0.2, 0) is 11.3 Å². The van der Waals surface area contributed by atoms with Crippen molar-refractivity contribution in [2.24, 2.45) is 0 Å². The van der Waals surface area contributed by atoms with E-state index in [0.29, 0.717) is 0 Å². The predicted molar refractivity (Wildman–Crippen MR) is 64.3 cm³/mol. The minimum Gasteiger partial charge on any atom is -0.377 e. The molecule has 2 heterocycles. The van der Waals surface area contributed by atoms with Gasteiger partial charge in [-0.1, -0.05) is 6.08 Å². The van der Waals surface area contributed by atoms with E-state index in [1.807, 2.05) is 11.3 Å². The zero-order chi connectivity index (χ0) is 10.5. The molecule has 1 aliphatic heterocycles. The Balaban J connectivity index is 1.72. The molecular formula is C12H17NOS. The predicted octanol–water partition coefficient (Wildman–Crippen LogP) is 2.49. The molecule has 0 saturated heterocycles. The van der Waals surface area contributed by atoms with Gasteiger partial charge in [0.1, 0.15) is 0 Å². The molecule has 0 atom stereocenters. The number of aryl methyl sites for hydroxylation is 1. The summed E-state index contributed by atoms with van der Waals surface area (Å²) < 4.78 is 5.38. The number of nitrogens with one attached hydrogen (secondary N) is 1. The summed E-state index contributed by atoms with van der Waals surface area (Å²) in [6.07, 6.45) is 3.35. The number of hydrogen-bond donors (Lipinski definition) is 1. The van der Waals surface area contributed by atoms with Crippen LogP contribution in [0.4, 0.5) is 0 Å². The monoisotopic (exact) mass is 223 g/mol. The van der Waals surface area contributed by atoms with Crippen molar-refractivity contribution in [3.05, 3.63) is 33.5 Å². The van der Waals surface area contributed by atoms with Gasteiger partial charge in [0.2, 0.25) is 0 Å². The smallest absolute Gasteiger partial charge is 0.0689 e. The molecule has 1 aliphatic rings. The van der Waals surface area contributed by atoms with Crippen molar-refractivity contribution in [2.45, 2.75) is 19.9 Å². The van der Waals surface area contributed by atoms with Crippen LogP contribution in [0, 0.1) is 6.92 Å². The summed E-state index contributed by atoms with van der Waals surface area (Å²) in [5.74, 6) is 0. The van der Waals surface area contributed by atoms with Crippen LogP contribution in [0.5, 0.6) is 0 Å². The molecule has 2 nitrogen and oxygen atoms in total. The first-order chi connectivity index (χ1) is 7.34. The molecule has 82 valence electrons. The van der Waals surface area contributed by atoms with E-state index in [2.05, 4.69) is 30.4 Å². The zero-order valence-electron chi connectivity index (χ0n) is 9.08. The van der Waals surface area contributed by atoms with Gasteiger partial charge in [-0.3, -0.25) is 0 Å². The maximum absolute atomic E-state index is 5.38. The summed E-state index contributed by atoms with van der Waals surface area (Å²) in [6, 6.07) is 4.36. The Labute approximate surface area is 95.0 Å². The second-order valence-electron chi connectivity index (χ2n) is 3.82. The van der Waals surface area contributed by atoms with E-state index >= 15 is 0 Å². The van der Waals surface area contributed by atoms with Crippen LogP contribution in [0.3, 0.4) is 0 Å². The number of rotatable bonds is 4. The summed E-state index contributed by atoms with van der Waals surface area (Å²) in [5.41, 5.74) is 1.38. The number of ether oxygens (including phenoxy) is 1. The van der Waals surface area contributed by atoms with Crippen molar-refractivity contribution >= 4 is 11.3 Å². The van der Waals surface area contributed by atoms with Gasteiger partial charge >= 0.3 is 0 Å². The van der Waals surface area contributed by atoms with Crippen molar-refractivity contribution in [1.82, 2.24) is 5.32 Å². The van der Waals surface area contributed by atoms with Gasteiger partial charge in [-0.15, -0.1) is 11.3 Å². The summed E-state index contributed by atoms with van der Waals surface area (Å²) in [7, 11) is 0. The fourth-order valence-electron chi connectivity index (χ4n) is 1.66. The van der Waals surface area contributed by atoms with Crippen molar-refractivity contribution in [3.63, 3.8) is 0 Å². The lowest BCUT2D eigenvalue weighted by Crippen LogP contribution is -2.20. The topological polar surface area (TPSA) is 21.3 Å². The van der Waals surface area contributed by atoms with Crippen LogP contribution in [0.1, 0.15) is 16.2 Å². The van der Waals surface area contributed by atoms with Crippen LogP contribution in [0.25, 0.3) is 0 Å². The largest absolute Gasteiger partial charge is 0.377 e. The van der Waals surface area contributed by atoms with Gasteiger partial charge in [-0.25, -0.2) is 0 Å². The van der Waals surface area contributed by atoms with E-state index in [9.17, 15) is 0 Å². The molecule has 0 aliphatic carbocycles. The highest BCUT2D eigenvalue weighted by atomic mass is 32.1. The molecule has 0 amide bonds. The third-order valence-corrected chi connectivity index (χ3v) is 3.43. The van der Waals surface area contributed by atoms with Gasteiger partial charge in [-0.05, 0) is 31.1 Å². The Morgan fingerprint density at radius 3 is 3.00 bits per heavy atom. The summed E-state index contributed by atoms with van der Waals surface area (Å²) >= 11 is 1.86. The lowest BCUT2D eigenvalue weighted by molar-refractivity contribution is 0.149. The van der Waals surface area contributed by atoms with Crippen molar-refractivity contribution in [2.75, 3.05) is 19.8 Å². The van der Waals surface area contributed by atoms with Crippen molar-refractivity contribution in [1.29, 1.82) is 0 Å². The molecule has 0 spiro atoms. The number of hydrogen-bond acceptors (Lipinski definition) is 3. The molecule has 1 N–H and O–H groups in total. The quantitative estimate of drug-likeness (QED) is 0.792. The Bertz CT molecular complexity index is 343.